The van der Waals surface area contributed by atoms with Crippen molar-refractivity contribution in [1.82, 2.24) is 20.0 Å². The first kappa shape index (κ1) is 19.0. The lowest BCUT2D eigenvalue weighted by atomic mass is 9.97. The molecule has 0 spiro atoms. The molecule has 0 bridgehead atoms. The first-order chi connectivity index (χ1) is 11.6. The number of piperazine rings is 1. The SMILES string of the molecule is CCOC(=O)N1CCC[C@@H](C(=O)NCCN2CCN(CC)CC2)C1. The normalized spacial score (nSPS) is 23.1. The van der Waals surface area contributed by atoms with E-state index in [9.17, 15) is 9.59 Å². The summed E-state index contributed by atoms with van der Waals surface area (Å²) in [4.78, 5) is 30.6. The van der Waals surface area contributed by atoms with Crippen molar-refractivity contribution >= 4 is 12.0 Å². The van der Waals surface area contributed by atoms with E-state index in [2.05, 4.69) is 22.0 Å². The van der Waals surface area contributed by atoms with Gasteiger partial charge in [0.15, 0.2) is 0 Å². The third-order valence-corrected chi connectivity index (χ3v) is 4.96. The van der Waals surface area contributed by atoms with Crippen molar-refractivity contribution in [1.29, 1.82) is 0 Å². The molecule has 1 atom stereocenters. The number of hydrogen-bond acceptors (Lipinski definition) is 5. The maximum Gasteiger partial charge on any atom is 0.409 e. The Hall–Kier alpha value is -1.34. The minimum Gasteiger partial charge on any atom is -0.450 e. The molecule has 0 radical (unpaired) electrons. The van der Waals surface area contributed by atoms with Crippen molar-refractivity contribution in [3.63, 3.8) is 0 Å². The largest absolute Gasteiger partial charge is 0.450 e. The molecule has 2 amide bonds. The van der Waals surface area contributed by atoms with Crippen molar-refractivity contribution in [2.45, 2.75) is 26.7 Å². The van der Waals surface area contributed by atoms with E-state index in [1.165, 1.54) is 0 Å². The zero-order chi connectivity index (χ0) is 17.4. The Morgan fingerprint density at radius 3 is 2.46 bits per heavy atom. The average molecular weight is 340 g/mol. The van der Waals surface area contributed by atoms with Crippen molar-refractivity contribution in [3.05, 3.63) is 0 Å². The average Bonchev–Trinajstić information content (AvgIpc) is 2.62. The number of piperidine rings is 1. The zero-order valence-electron chi connectivity index (χ0n) is 15.1. The molecule has 2 saturated heterocycles. The number of nitrogens with one attached hydrogen (secondary N) is 1. The molecular weight excluding hydrogens is 308 g/mol. The molecule has 2 fully saturated rings. The van der Waals surface area contributed by atoms with Gasteiger partial charge in [-0.1, -0.05) is 6.92 Å². The van der Waals surface area contributed by atoms with Gasteiger partial charge in [0.2, 0.25) is 5.91 Å². The highest BCUT2D eigenvalue weighted by atomic mass is 16.6. The van der Waals surface area contributed by atoms with Gasteiger partial charge in [-0.05, 0) is 26.3 Å². The minimum atomic E-state index is -0.302. The van der Waals surface area contributed by atoms with Crippen molar-refractivity contribution in [3.8, 4) is 0 Å². The number of carbonyl (C=O) groups excluding carboxylic acids is 2. The van der Waals surface area contributed by atoms with Crippen LogP contribution >= 0.6 is 0 Å². The number of likely N-dealkylation sites (tertiary alicyclic amines) is 1. The molecule has 2 aliphatic heterocycles. The summed E-state index contributed by atoms with van der Waals surface area (Å²) in [5, 5.41) is 3.04. The van der Waals surface area contributed by atoms with Crippen LogP contribution < -0.4 is 5.32 Å². The molecule has 0 aromatic heterocycles. The van der Waals surface area contributed by atoms with Gasteiger partial charge < -0.3 is 19.9 Å². The van der Waals surface area contributed by atoms with Gasteiger partial charge in [0.25, 0.3) is 0 Å². The zero-order valence-corrected chi connectivity index (χ0v) is 15.1. The van der Waals surface area contributed by atoms with Crippen LogP contribution in [0.2, 0.25) is 0 Å². The van der Waals surface area contributed by atoms with Crippen LogP contribution in [0.5, 0.6) is 0 Å². The summed E-state index contributed by atoms with van der Waals surface area (Å²) in [6.45, 7) is 12.6. The molecule has 2 aliphatic rings. The fraction of sp³-hybridized carbons (Fsp3) is 0.882. The maximum absolute atomic E-state index is 12.3. The lowest BCUT2D eigenvalue weighted by Crippen LogP contribution is -2.49. The van der Waals surface area contributed by atoms with E-state index in [1.807, 2.05) is 0 Å². The highest BCUT2D eigenvalue weighted by molar-refractivity contribution is 5.80. The number of likely N-dealkylation sites (N-methyl/N-ethyl adjacent to an activating group) is 1. The summed E-state index contributed by atoms with van der Waals surface area (Å²) >= 11 is 0. The maximum atomic E-state index is 12.3. The topological polar surface area (TPSA) is 65.1 Å². The Bertz CT molecular complexity index is 411. The molecule has 0 saturated carbocycles. The third kappa shape index (κ3) is 5.63. The van der Waals surface area contributed by atoms with Gasteiger partial charge in [0.1, 0.15) is 0 Å². The van der Waals surface area contributed by atoms with Crippen LogP contribution in [0.4, 0.5) is 4.79 Å². The first-order valence-corrected chi connectivity index (χ1v) is 9.28. The van der Waals surface area contributed by atoms with Crippen LogP contribution in [0, 0.1) is 5.92 Å². The second-order valence-electron chi connectivity index (χ2n) is 6.55. The third-order valence-electron chi connectivity index (χ3n) is 4.96. The number of rotatable bonds is 6. The van der Waals surface area contributed by atoms with Crippen LogP contribution in [0.25, 0.3) is 0 Å². The lowest BCUT2D eigenvalue weighted by Gasteiger charge is -2.34. The van der Waals surface area contributed by atoms with Gasteiger partial charge >= 0.3 is 6.09 Å². The first-order valence-electron chi connectivity index (χ1n) is 9.28. The van der Waals surface area contributed by atoms with Gasteiger partial charge in [-0.25, -0.2) is 4.79 Å². The molecule has 138 valence electrons. The van der Waals surface area contributed by atoms with E-state index in [4.69, 9.17) is 4.74 Å². The molecule has 2 rings (SSSR count). The number of hydrogen-bond donors (Lipinski definition) is 1. The Labute approximate surface area is 145 Å². The van der Waals surface area contributed by atoms with Gasteiger partial charge in [0.05, 0.1) is 12.5 Å². The smallest absolute Gasteiger partial charge is 0.409 e. The standard InChI is InChI=1S/C17H32N4O3/c1-3-19-10-12-20(13-11-19)9-7-18-16(22)15-6-5-8-21(14-15)17(23)24-4-2/h15H,3-14H2,1-2H3,(H,18,22)/t15-/m1/s1. The summed E-state index contributed by atoms with van der Waals surface area (Å²) in [5.74, 6) is -0.0451. The van der Waals surface area contributed by atoms with E-state index < -0.39 is 0 Å². The summed E-state index contributed by atoms with van der Waals surface area (Å²) in [7, 11) is 0. The van der Waals surface area contributed by atoms with E-state index in [0.29, 0.717) is 26.2 Å². The van der Waals surface area contributed by atoms with Crippen molar-refractivity contribution in [2.24, 2.45) is 5.92 Å². The van der Waals surface area contributed by atoms with E-state index in [-0.39, 0.29) is 17.9 Å². The predicted molar refractivity (Wildman–Crippen MR) is 92.9 cm³/mol. The molecular formula is C17H32N4O3. The molecule has 0 aromatic carbocycles. The second-order valence-corrected chi connectivity index (χ2v) is 6.55. The number of ether oxygens (including phenoxy) is 1. The predicted octanol–water partition coefficient (Wildman–Crippen LogP) is 0.609. The van der Waals surface area contributed by atoms with Crippen LogP contribution in [-0.4, -0.2) is 92.2 Å². The minimum absolute atomic E-state index is 0.0659. The Kier molecular flexibility index (Phi) is 7.78. The van der Waals surface area contributed by atoms with Gasteiger partial charge in [0, 0.05) is 52.4 Å². The van der Waals surface area contributed by atoms with Crippen LogP contribution in [0.15, 0.2) is 0 Å². The Balaban J connectivity index is 1.66. The monoisotopic (exact) mass is 340 g/mol. The molecule has 2 heterocycles. The molecule has 0 aromatic rings. The van der Waals surface area contributed by atoms with E-state index in [1.54, 1.807) is 11.8 Å². The number of amides is 2. The van der Waals surface area contributed by atoms with Gasteiger partial charge in [-0.2, -0.15) is 0 Å². The molecule has 0 aliphatic carbocycles. The quantitative estimate of drug-likeness (QED) is 0.767. The summed E-state index contributed by atoms with van der Waals surface area (Å²) in [6.07, 6.45) is 1.40. The second kappa shape index (κ2) is 9.84. The highest BCUT2D eigenvalue weighted by Crippen LogP contribution is 2.17. The van der Waals surface area contributed by atoms with Gasteiger partial charge in [-0.15, -0.1) is 0 Å². The van der Waals surface area contributed by atoms with Crippen molar-refractivity contribution < 1.29 is 14.3 Å². The molecule has 24 heavy (non-hydrogen) atoms. The number of carbonyl (C=O) groups is 2. The van der Waals surface area contributed by atoms with Crippen LogP contribution in [-0.2, 0) is 9.53 Å². The molecule has 0 unspecified atom stereocenters. The fourth-order valence-electron chi connectivity index (χ4n) is 3.38. The molecule has 1 N–H and O–H groups in total. The lowest BCUT2D eigenvalue weighted by molar-refractivity contribution is -0.126. The number of nitrogens with zero attached hydrogens (tertiary/aromatic N) is 3. The Morgan fingerprint density at radius 1 is 1.08 bits per heavy atom. The van der Waals surface area contributed by atoms with Gasteiger partial charge in [-0.3, -0.25) is 9.69 Å². The van der Waals surface area contributed by atoms with Crippen LogP contribution in [0.1, 0.15) is 26.7 Å². The molecule has 7 nitrogen and oxygen atoms in total. The molecule has 7 heteroatoms. The fourth-order valence-corrected chi connectivity index (χ4v) is 3.38. The summed E-state index contributed by atoms with van der Waals surface area (Å²) in [6, 6.07) is 0. The van der Waals surface area contributed by atoms with E-state index in [0.717, 1.165) is 52.1 Å². The van der Waals surface area contributed by atoms with Crippen molar-refractivity contribution in [2.75, 3.05) is 65.5 Å². The highest BCUT2D eigenvalue weighted by Gasteiger charge is 2.29. The summed E-state index contributed by atoms with van der Waals surface area (Å²) in [5.41, 5.74) is 0. The summed E-state index contributed by atoms with van der Waals surface area (Å²) < 4.78 is 5.03. The Morgan fingerprint density at radius 2 is 1.79 bits per heavy atom. The van der Waals surface area contributed by atoms with Crippen LogP contribution in [0.3, 0.4) is 0 Å². The van der Waals surface area contributed by atoms with E-state index >= 15 is 0 Å².